The topological polar surface area (TPSA) is 69.6 Å². The van der Waals surface area contributed by atoms with E-state index in [1.807, 2.05) is 31.2 Å². The zero-order valence-corrected chi connectivity index (χ0v) is 12.3. The summed E-state index contributed by atoms with van der Waals surface area (Å²) in [5.41, 5.74) is 1.93. The third kappa shape index (κ3) is 5.19. The van der Waals surface area contributed by atoms with Crippen molar-refractivity contribution in [2.75, 3.05) is 25.0 Å². The Balaban J connectivity index is 1.75. The van der Waals surface area contributed by atoms with Crippen molar-refractivity contribution in [3.8, 4) is 0 Å². The lowest BCUT2D eigenvalue weighted by atomic mass is 9.94. The van der Waals surface area contributed by atoms with E-state index in [1.54, 1.807) is 0 Å². The third-order valence-corrected chi connectivity index (χ3v) is 3.84. The number of benzene rings is 1. The molecule has 1 saturated heterocycles. The van der Waals surface area contributed by atoms with Crippen LogP contribution in [0.4, 0.5) is 5.69 Å². The van der Waals surface area contributed by atoms with Gasteiger partial charge in [0.2, 0.25) is 5.91 Å². The highest BCUT2D eigenvalue weighted by atomic mass is 16.4. The lowest BCUT2D eigenvalue weighted by molar-refractivity contribution is -0.138. The number of nitrogens with one attached hydrogen (secondary N) is 1. The van der Waals surface area contributed by atoms with Crippen LogP contribution in [0.2, 0.25) is 0 Å². The normalized spacial score (nSPS) is 16.6. The number of carbonyl (C=O) groups excluding carboxylic acids is 1. The SMILES string of the molecule is Cc1cccc(NC(=O)CN2CCC(CC(=O)O)CC2)c1. The average molecular weight is 290 g/mol. The molecule has 1 amide bonds. The number of rotatable bonds is 5. The summed E-state index contributed by atoms with van der Waals surface area (Å²) in [6.07, 6.45) is 1.94. The van der Waals surface area contributed by atoms with Gasteiger partial charge in [-0.1, -0.05) is 12.1 Å². The Hall–Kier alpha value is -1.88. The largest absolute Gasteiger partial charge is 0.481 e. The van der Waals surface area contributed by atoms with Crippen molar-refractivity contribution in [3.63, 3.8) is 0 Å². The molecule has 0 radical (unpaired) electrons. The molecule has 0 atom stereocenters. The maximum absolute atomic E-state index is 12.0. The molecule has 1 fully saturated rings. The Labute approximate surface area is 125 Å². The first-order valence-electron chi connectivity index (χ1n) is 7.33. The van der Waals surface area contributed by atoms with E-state index in [0.29, 0.717) is 6.54 Å². The van der Waals surface area contributed by atoms with Gasteiger partial charge >= 0.3 is 5.97 Å². The Kier molecular flexibility index (Phi) is 5.33. The Bertz CT molecular complexity index is 508. The van der Waals surface area contributed by atoms with Gasteiger partial charge in [0.15, 0.2) is 0 Å². The van der Waals surface area contributed by atoms with Crippen molar-refractivity contribution in [2.45, 2.75) is 26.2 Å². The van der Waals surface area contributed by atoms with Crippen LogP contribution in [0.25, 0.3) is 0 Å². The van der Waals surface area contributed by atoms with E-state index in [1.165, 1.54) is 0 Å². The van der Waals surface area contributed by atoms with Gasteiger partial charge in [-0.25, -0.2) is 0 Å². The minimum Gasteiger partial charge on any atom is -0.481 e. The highest BCUT2D eigenvalue weighted by molar-refractivity contribution is 5.92. The molecule has 5 heteroatoms. The summed E-state index contributed by atoms with van der Waals surface area (Å²) in [7, 11) is 0. The van der Waals surface area contributed by atoms with Gasteiger partial charge in [0, 0.05) is 12.1 Å². The van der Waals surface area contributed by atoms with Crippen LogP contribution in [0.3, 0.4) is 0 Å². The summed E-state index contributed by atoms with van der Waals surface area (Å²) in [6, 6.07) is 7.73. The third-order valence-electron chi connectivity index (χ3n) is 3.84. The van der Waals surface area contributed by atoms with E-state index >= 15 is 0 Å². The molecule has 1 aliphatic rings. The van der Waals surface area contributed by atoms with Crippen LogP contribution < -0.4 is 5.32 Å². The zero-order chi connectivity index (χ0) is 15.2. The number of aryl methyl sites for hydroxylation is 1. The molecule has 0 spiro atoms. The van der Waals surface area contributed by atoms with Gasteiger partial charge in [-0.3, -0.25) is 14.5 Å². The molecule has 0 aromatic heterocycles. The van der Waals surface area contributed by atoms with Gasteiger partial charge in [-0.05, 0) is 56.5 Å². The second kappa shape index (κ2) is 7.22. The van der Waals surface area contributed by atoms with Gasteiger partial charge in [0.1, 0.15) is 0 Å². The Morgan fingerprint density at radius 2 is 2.05 bits per heavy atom. The summed E-state index contributed by atoms with van der Waals surface area (Å²) in [6.45, 7) is 3.94. The smallest absolute Gasteiger partial charge is 0.303 e. The minimum absolute atomic E-state index is 0.0164. The molecule has 1 aromatic carbocycles. The molecule has 21 heavy (non-hydrogen) atoms. The molecule has 1 aromatic rings. The van der Waals surface area contributed by atoms with Crippen molar-refractivity contribution in [2.24, 2.45) is 5.92 Å². The molecule has 2 rings (SSSR count). The summed E-state index contributed by atoms with van der Waals surface area (Å²) in [5, 5.41) is 11.7. The Morgan fingerprint density at radius 3 is 2.67 bits per heavy atom. The monoisotopic (exact) mass is 290 g/mol. The van der Waals surface area contributed by atoms with Crippen LogP contribution >= 0.6 is 0 Å². The number of amides is 1. The molecule has 2 N–H and O–H groups in total. The summed E-state index contributed by atoms with van der Waals surface area (Å²) in [5.74, 6) is -0.499. The molecule has 0 saturated carbocycles. The van der Waals surface area contributed by atoms with Crippen molar-refractivity contribution < 1.29 is 14.7 Å². The predicted molar refractivity (Wildman–Crippen MR) is 81.2 cm³/mol. The number of carbonyl (C=O) groups is 2. The summed E-state index contributed by atoms with van der Waals surface area (Å²) >= 11 is 0. The first kappa shape index (κ1) is 15.5. The predicted octanol–water partition coefficient (Wildman–Crippen LogP) is 2.12. The molecule has 0 bridgehead atoms. The minimum atomic E-state index is -0.731. The van der Waals surface area contributed by atoms with Crippen LogP contribution in [0.5, 0.6) is 0 Å². The zero-order valence-electron chi connectivity index (χ0n) is 12.3. The number of hydrogen-bond acceptors (Lipinski definition) is 3. The lowest BCUT2D eigenvalue weighted by Gasteiger charge is -2.30. The molecule has 0 unspecified atom stereocenters. The Morgan fingerprint density at radius 1 is 1.33 bits per heavy atom. The van der Waals surface area contributed by atoms with Crippen molar-refractivity contribution >= 4 is 17.6 Å². The fourth-order valence-corrected chi connectivity index (χ4v) is 2.72. The van der Waals surface area contributed by atoms with E-state index in [9.17, 15) is 9.59 Å². The molecule has 1 aliphatic heterocycles. The molecular formula is C16H22N2O3. The maximum Gasteiger partial charge on any atom is 0.303 e. The van der Waals surface area contributed by atoms with Crippen LogP contribution in [0.15, 0.2) is 24.3 Å². The highest BCUT2D eigenvalue weighted by Crippen LogP contribution is 2.20. The highest BCUT2D eigenvalue weighted by Gasteiger charge is 2.22. The molecule has 5 nitrogen and oxygen atoms in total. The fraction of sp³-hybridized carbons (Fsp3) is 0.500. The van der Waals surface area contributed by atoms with E-state index < -0.39 is 5.97 Å². The summed E-state index contributed by atoms with van der Waals surface area (Å²) in [4.78, 5) is 24.8. The van der Waals surface area contributed by atoms with Crippen molar-refractivity contribution in [1.82, 2.24) is 4.90 Å². The first-order valence-corrected chi connectivity index (χ1v) is 7.33. The number of nitrogens with zero attached hydrogens (tertiary/aromatic N) is 1. The van der Waals surface area contributed by atoms with Gasteiger partial charge in [-0.15, -0.1) is 0 Å². The molecule has 1 heterocycles. The van der Waals surface area contributed by atoms with Gasteiger partial charge in [-0.2, -0.15) is 0 Å². The number of anilines is 1. The van der Waals surface area contributed by atoms with Crippen molar-refractivity contribution in [3.05, 3.63) is 29.8 Å². The quantitative estimate of drug-likeness (QED) is 0.871. The van der Waals surface area contributed by atoms with Crippen LogP contribution in [0, 0.1) is 12.8 Å². The van der Waals surface area contributed by atoms with E-state index in [0.717, 1.165) is 37.2 Å². The molecular weight excluding hydrogens is 268 g/mol. The fourth-order valence-electron chi connectivity index (χ4n) is 2.72. The van der Waals surface area contributed by atoms with Crippen LogP contribution in [-0.2, 0) is 9.59 Å². The summed E-state index contributed by atoms with van der Waals surface area (Å²) < 4.78 is 0. The number of carboxylic acids is 1. The molecule has 0 aliphatic carbocycles. The number of piperidine rings is 1. The van der Waals surface area contributed by atoms with Crippen LogP contribution in [-0.4, -0.2) is 41.5 Å². The number of aliphatic carboxylic acids is 1. The second-order valence-corrected chi connectivity index (χ2v) is 5.74. The van der Waals surface area contributed by atoms with E-state index in [-0.39, 0.29) is 18.2 Å². The molecule has 114 valence electrons. The van der Waals surface area contributed by atoms with Crippen molar-refractivity contribution in [1.29, 1.82) is 0 Å². The average Bonchev–Trinajstić information content (AvgIpc) is 2.40. The lowest BCUT2D eigenvalue weighted by Crippen LogP contribution is -2.39. The number of likely N-dealkylation sites (tertiary alicyclic amines) is 1. The van der Waals surface area contributed by atoms with Gasteiger partial charge in [0.05, 0.1) is 6.54 Å². The second-order valence-electron chi connectivity index (χ2n) is 5.74. The number of hydrogen-bond donors (Lipinski definition) is 2. The van der Waals surface area contributed by atoms with E-state index in [2.05, 4.69) is 10.2 Å². The standard InChI is InChI=1S/C16H22N2O3/c1-12-3-2-4-14(9-12)17-15(19)11-18-7-5-13(6-8-18)10-16(20)21/h2-4,9,13H,5-8,10-11H2,1H3,(H,17,19)(H,20,21). The van der Waals surface area contributed by atoms with Gasteiger partial charge in [0.25, 0.3) is 0 Å². The van der Waals surface area contributed by atoms with E-state index in [4.69, 9.17) is 5.11 Å². The first-order chi connectivity index (χ1) is 10.0. The van der Waals surface area contributed by atoms with Crippen LogP contribution in [0.1, 0.15) is 24.8 Å². The number of carboxylic acid groups (broad SMARTS) is 1. The van der Waals surface area contributed by atoms with Gasteiger partial charge < -0.3 is 10.4 Å². The maximum atomic E-state index is 12.0.